The lowest BCUT2D eigenvalue weighted by Crippen LogP contribution is -2.38. The average molecular weight is 322 g/mol. The first-order valence-corrected chi connectivity index (χ1v) is 7.68. The van der Waals surface area contributed by atoms with Crippen LogP contribution in [-0.4, -0.2) is 42.6 Å². The summed E-state index contributed by atoms with van der Waals surface area (Å²) in [6.45, 7) is 6.28. The standard InChI is InChI=1S/C17H23FN2O3/c1-17(2,3)23-16(22)20-10-9-12(11-20)15(21)19(4)14-7-5-13(18)6-8-14/h5-8,12H,9-11H2,1-4H3/t12-/m1/s1. The van der Waals surface area contributed by atoms with Gasteiger partial charge in [-0.1, -0.05) is 0 Å². The van der Waals surface area contributed by atoms with Crippen LogP contribution in [0.1, 0.15) is 27.2 Å². The van der Waals surface area contributed by atoms with Gasteiger partial charge in [0.25, 0.3) is 0 Å². The van der Waals surface area contributed by atoms with E-state index in [4.69, 9.17) is 4.74 Å². The zero-order valence-electron chi connectivity index (χ0n) is 14.0. The number of rotatable bonds is 2. The first-order valence-electron chi connectivity index (χ1n) is 7.68. The number of anilines is 1. The maximum atomic E-state index is 13.0. The van der Waals surface area contributed by atoms with E-state index in [2.05, 4.69) is 0 Å². The van der Waals surface area contributed by atoms with E-state index in [1.54, 1.807) is 24.1 Å². The summed E-state index contributed by atoms with van der Waals surface area (Å²) in [5.41, 5.74) is 0.0801. The number of hydrogen-bond acceptors (Lipinski definition) is 3. The van der Waals surface area contributed by atoms with E-state index in [1.807, 2.05) is 20.8 Å². The maximum absolute atomic E-state index is 13.0. The van der Waals surface area contributed by atoms with Crippen LogP contribution in [0, 0.1) is 11.7 Å². The van der Waals surface area contributed by atoms with Crippen molar-refractivity contribution in [3.63, 3.8) is 0 Å². The van der Waals surface area contributed by atoms with Gasteiger partial charge in [0, 0.05) is 25.8 Å². The lowest BCUT2D eigenvalue weighted by atomic mass is 10.1. The highest BCUT2D eigenvalue weighted by Gasteiger charge is 2.34. The van der Waals surface area contributed by atoms with Gasteiger partial charge in [0.15, 0.2) is 0 Å². The van der Waals surface area contributed by atoms with Crippen molar-refractivity contribution < 1.29 is 18.7 Å². The number of carbonyl (C=O) groups is 2. The molecule has 126 valence electrons. The molecule has 0 unspecified atom stereocenters. The van der Waals surface area contributed by atoms with Crippen LogP contribution in [0.5, 0.6) is 0 Å². The van der Waals surface area contributed by atoms with Crippen molar-refractivity contribution in [2.45, 2.75) is 32.8 Å². The molecule has 0 saturated carbocycles. The van der Waals surface area contributed by atoms with Gasteiger partial charge in [-0.3, -0.25) is 4.79 Å². The Bertz CT molecular complexity index is 580. The Kier molecular flexibility index (Phi) is 4.92. The van der Waals surface area contributed by atoms with Gasteiger partial charge in [-0.2, -0.15) is 0 Å². The van der Waals surface area contributed by atoms with Gasteiger partial charge in [-0.25, -0.2) is 9.18 Å². The number of halogens is 1. The predicted molar refractivity (Wildman–Crippen MR) is 85.7 cm³/mol. The molecule has 0 N–H and O–H groups in total. The summed E-state index contributed by atoms with van der Waals surface area (Å²) in [6, 6.07) is 5.77. The van der Waals surface area contributed by atoms with E-state index in [0.29, 0.717) is 25.2 Å². The quantitative estimate of drug-likeness (QED) is 0.841. The molecule has 1 aliphatic rings. The van der Waals surface area contributed by atoms with Crippen molar-refractivity contribution in [1.29, 1.82) is 0 Å². The van der Waals surface area contributed by atoms with Crippen molar-refractivity contribution in [2.24, 2.45) is 5.92 Å². The zero-order valence-corrected chi connectivity index (χ0v) is 14.0. The molecule has 0 aliphatic carbocycles. The Labute approximate surface area is 136 Å². The van der Waals surface area contributed by atoms with Crippen LogP contribution < -0.4 is 4.90 Å². The Morgan fingerprint density at radius 1 is 1.26 bits per heavy atom. The fourth-order valence-electron chi connectivity index (χ4n) is 2.52. The molecule has 2 rings (SSSR count). The second-order valence-electron chi connectivity index (χ2n) is 6.79. The maximum Gasteiger partial charge on any atom is 0.410 e. The first kappa shape index (κ1) is 17.2. The third-order valence-electron chi connectivity index (χ3n) is 3.73. The van der Waals surface area contributed by atoms with Gasteiger partial charge in [0.2, 0.25) is 5.91 Å². The highest BCUT2D eigenvalue weighted by atomic mass is 19.1. The van der Waals surface area contributed by atoms with Crippen molar-refractivity contribution >= 4 is 17.7 Å². The van der Waals surface area contributed by atoms with Gasteiger partial charge >= 0.3 is 6.09 Å². The number of carbonyl (C=O) groups excluding carboxylic acids is 2. The number of benzene rings is 1. The smallest absolute Gasteiger partial charge is 0.410 e. The van der Waals surface area contributed by atoms with E-state index in [-0.39, 0.29) is 17.6 Å². The van der Waals surface area contributed by atoms with Crippen molar-refractivity contribution in [2.75, 3.05) is 25.0 Å². The van der Waals surface area contributed by atoms with Gasteiger partial charge < -0.3 is 14.5 Å². The molecule has 0 aromatic heterocycles. The van der Waals surface area contributed by atoms with Gasteiger partial charge in [0.05, 0.1) is 5.92 Å². The molecule has 1 fully saturated rings. The summed E-state index contributed by atoms with van der Waals surface area (Å²) in [6.07, 6.45) is 0.209. The fraction of sp³-hybridized carbons (Fsp3) is 0.529. The second kappa shape index (κ2) is 6.56. The molecule has 1 aromatic rings. The molecule has 23 heavy (non-hydrogen) atoms. The zero-order chi connectivity index (χ0) is 17.2. The third kappa shape index (κ3) is 4.43. The number of hydrogen-bond donors (Lipinski definition) is 0. The van der Waals surface area contributed by atoms with Crippen LogP contribution in [0.4, 0.5) is 14.9 Å². The summed E-state index contributed by atoms with van der Waals surface area (Å²) < 4.78 is 18.3. The number of likely N-dealkylation sites (tertiary alicyclic amines) is 1. The molecule has 1 aromatic carbocycles. The van der Waals surface area contributed by atoms with Crippen molar-refractivity contribution in [1.82, 2.24) is 4.90 Å². The Balaban J connectivity index is 1.96. The molecular formula is C17H23FN2O3. The average Bonchev–Trinajstić information content (AvgIpc) is 2.94. The Hall–Kier alpha value is -2.11. The third-order valence-corrected chi connectivity index (χ3v) is 3.73. The minimum absolute atomic E-state index is 0.0809. The van der Waals surface area contributed by atoms with Gasteiger partial charge in [0.1, 0.15) is 11.4 Å². The topological polar surface area (TPSA) is 49.9 Å². The lowest BCUT2D eigenvalue weighted by Gasteiger charge is -2.25. The van der Waals surface area contributed by atoms with Gasteiger partial charge in [-0.05, 0) is 51.5 Å². The molecule has 6 heteroatoms. The van der Waals surface area contributed by atoms with E-state index in [0.717, 1.165) is 0 Å². The molecule has 5 nitrogen and oxygen atoms in total. The summed E-state index contributed by atoms with van der Waals surface area (Å²) in [7, 11) is 1.66. The normalized spacial score (nSPS) is 18.0. The molecule has 1 heterocycles. The summed E-state index contributed by atoms with van der Waals surface area (Å²) >= 11 is 0. The van der Waals surface area contributed by atoms with Gasteiger partial charge in [-0.15, -0.1) is 0 Å². The first-order chi connectivity index (χ1) is 10.7. The lowest BCUT2D eigenvalue weighted by molar-refractivity contribution is -0.121. The van der Waals surface area contributed by atoms with Crippen LogP contribution in [0.2, 0.25) is 0 Å². The Morgan fingerprint density at radius 3 is 2.43 bits per heavy atom. The molecule has 0 bridgehead atoms. The van der Waals surface area contributed by atoms with Crippen molar-refractivity contribution in [3.8, 4) is 0 Å². The SMILES string of the molecule is CN(C(=O)[C@@H]1CCN(C(=O)OC(C)(C)C)C1)c1ccc(F)cc1. The molecule has 0 spiro atoms. The van der Waals surface area contributed by atoms with E-state index < -0.39 is 11.7 Å². The van der Waals surface area contributed by atoms with Crippen LogP contribution in [0.25, 0.3) is 0 Å². The van der Waals surface area contributed by atoms with E-state index >= 15 is 0 Å². The minimum Gasteiger partial charge on any atom is -0.444 e. The van der Waals surface area contributed by atoms with Crippen molar-refractivity contribution in [3.05, 3.63) is 30.1 Å². The number of ether oxygens (including phenoxy) is 1. The van der Waals surface area contributed by atoms with E-state index in [1.165, 1.54) is 17.0 Å². The predicted octanol–water partition coefficient (Wildman–Crippen LogP) is 3.05. The number of nitrogens with zero attached hydrogens (tertiary/aromatic N) is 2. The molecule has 1 atom stereocenters. The highest BCUT2D eigenvalue weighted by molar-refractivity contribution is 5.95. The molecule has 0 radical (unpaired) electrons. The number of amides is 2. The second-order valence-corrected chi connectivity index (χ2v) is 6.79. The molecular weight excluding hydrogens is 299 g/mol. The summed E-state index contributed by atoms with van der Waals surface area (Å²) in [4.78, 5) is 27.6. The molecule has 1 saturated heterocycles. The van der Waals surface area contributed by atoms with E-state index in [9.17, 15) is 14.0 Å². The monoisotopic (exact) mass is 322 g/mol. The molecule has 2 amide bonds. The highest BCUT2D eigenvalue weighted by Crippen LogP contribution is 2.23. The summed E-state index contributed by atoms with van der Waals surface area (Å²) in [5.74, 6) is -0.688. The molecule has 1 aliphatic heterocycles. The van der Waals surface area contributed by atoms with Crippen LogP contribution >= 0.6 is 0 Å². The largest absolute Gasteiger partial charge is 0.444 e. The Morgan fingerprint density at radius 2 is 1.87 bits per heavy atom. The van der Waals surface area contributed by atoms with Crippen LogP contribution in [0.3, 0.4) is 0 Å². The fourth-order valence-corrected chi connectivity index (χ4v) is 2.52. The minimum atomic E-state index is -0.552. The van der Waals surface area contributed by atoms with Crippen LogP contribution in [0.15, 0.2) is 24.3 Å². The van der Waals surface area contributed by atoms with Crippen LogP contribution in [-0.2, 0) is 9.53 Å². The summed E-state index contributed by atoms with van der Waals surface area (Å²) in [5, 5.41) is 0.